The van der Waals surface area contributed by atoms with Gasteiger partial charge in [-0.25, -0.2) is 8.78 Å². The zero-order valence-electron chi connectivity index (χ0n) is 22.4. The Morgan fingerprint density at radius 2 is 1.86 bits per heavy atom. The molecule has 0 radical (unpaired) electrons. The van der Waals surface area contributed by atoms with Crippen LogP contribution < -0.4 is 10.6 Å². The molecule has 2 aliphatic heterocycles. The van der Waals surface area contributed by atoms with Crippen LogP contribution in [0, 0.1) is 12.8 Å². The number of carbonyl (C=O) groups excluding carboxylic acids is 1. The van der Waals surface area contributed by atoms with Gasteiger partial charge in [0.1, 0.15) is 11.6 Å². The molecule has 3 fully saturated rings. The number of amides is 1. The van der Waals surface area contributed by atoms with E-state index in [2.05, 4.69) is 58.3 Å². The number of rotatable bonds is 8. The summed E-state index contributed by atoms with van der Waals surface area (Å²) in [6, 6.07) is 10.8. The average Bonchev–Trinajstić information content (AvgIpc) is 3.41. The molecule has 3 unspecified atom stereocenters. The highest BCUT2D eigenvalue weighted by Gasteiger charge is 2.46. The highest BCUT2D eigenvalue weighted by atomic mass is 19.3. The normalized spacial score (nSPS) is 28.4. The van der Waals surface area contributed by atoms with Crippen molar-refractivity contribution >= 4 is 5.91 Å². The van der Waals surface area contributed by atoms with Gasteiger partial charge in [0.05, 0.1) is 6.04 Å². The van der Waals surface area contributed by atoms with Crippen molar-refractivity contribution < 1.29 is 13.6 Å². The molecule has 3 aliphatic rings. The third-order valence-corrected chi connectivity index (χ3v) is 8.96. The SMILES string of the molecule is Cc1nnc(C(C)C)n1C1CC2CCC(CC[C@H](NC(=O)C3CCC(F)(F)CC3)c3ccccc3)(C1)N2. The number of benzene rings is 1. The third kappa shape index (κ3) is 5.74. The van der Waals surface area contributed by atoms with Gasteiger partial charge in [-0.15, -0.1) is 10.2 Å². The van der Waals surface area contributed by atoms with Gasteiger partial charge in [-0.2, -0.15) is 0 Å². The highest BCUT2D eigenvalue weighted by Crippen LogP contribution is 2.45. The van der Waals surface area contributed by atoms with E-state index in [-0.39, 0.29) is 49.1 Å². The molecule has 1 amide bonds. The number of fused-ring (bicyclic) bond motifs is 2. The van der Waals surface area contributed by atoms with Crippen LogP contribution in [-0.2, 0) is 4.79 Å². The zero-order chi connectivity index (χ0) is 26.2. The molecule has 6 nitrogen and oxygen atoms in total. The number of hydrogen-bond donors (Lipinski definition) is 2. The van der Waals surface area contributed by atoms with Crippen molar-refractivity contribution in [2.24, 2.45) is 5.92 Å². The number of aryl methyl sites for hydroxylation is 1. The summed E-state index contributed by atoms with van der Waals surface area (Å²) in [5.74, 6) is -0.674. The minimum Gasteiger partial charge on any atom is -0.349 e. The average molecular weight is 514 g/mol. The van der Waals surface area contributed by atoms with Crippen molar-refractivity contribution in [3.05, 3.63) is 47.5 Å². The fourth-order valence-electron chi connectivity index (χ4n) is 6.98. The molecule has 37 heavy (non-hydrogen) atoms. The molecule has 0 spiro atoms. The molecule has 2 saturated heterocycles. The lowest BCUT2D eigenvalue weighted by Crippen LogP contribution is -2.50. The number of halogens is 2. The zero-order valence-corrected chi connectivity index (χ0v) is 22.4. The van der Waals surface area contributed by atoms with Crippen molar-refractivity contribution in [2.75, 3.05) is 0 Å². The topological polar surface area (TPSA) is 71.8 Å². The number of aromatic nitrogens is 3. The third-order valence-electron chi connectivity index (χ3n) is 8.96. The van der Waals surface area contributed by atoms with Crippen molar-refractivity contribution in [3.63, 3.8) is 0 Å². The molecule has 1 aromatic heterocycles. The smallest absolute Gasteiger partial charge is 0.248 e. The molecular formula is C29H41F2N5O. The molecule has 5 rings (SSSR count). The van der Waals surface area contributed by atoms with E-state index < -0.39 is 5.92 Å². The molecule has 1 aromatic carbocycles. The highest BCUT2D eigenvalue weighted by molar-refractivity contribution is 5.79. The number of nitrogens with one attached hydrogen (secondary N) is 2. The molecule has 2 bridgehead atoms. The van der Waals surface area contributed by atoms with Gasteiger partial charge in [-0.1, -0.05) is 44.2 Å². The molecule has 8 heteroatoms. The maximum absolute atomic E-state index is 13.7. The van der Waals surface area contributed by atoms with Gasteiger partial charge in [0.15, 0.2) is 0 Å². The van der Waals surface area contributed by atoms with Gasteiger partial charge in [-0.3, -0.25) is 4.79 Å². The molecule has 202 valence electrons. The molecular weight excluding hydrogens is 472 g/mol. The summed E-state index contributed by atoms with van der Waals surface area (Å²) in [4.78, 5) is 13.2. The standard InChI is InChI=1S/C29H41F2N5O/c1-19(2)26-35-34-20(3)36(26)24-17-23-11-13-28(18-24,33-23)14-12-25(21-7-5-4-6-8-21)32-27(37)22-9-15-29(30,31)16-10-22/h4-8,19,22-25,33H,9-18H2,1-3H3,(H,32,37)/t23?,24?,25-,28?/m0/s1. The van der Waals surface area contributed by atoms with Crippen LogP contribution in [0.5, 0.6) is 0 Å². The Labute approximate surface area is 219 Å². The Kier molecular flexibility index (Phi) is 7.40. The Bertz CT molecular complexity index is 1080. The van der Waals surface area contributed by atoms with Crippen LogP contribution >= 0.6 is 0 Å². The van der Waals surface area contributed by atoms with Gasteiger partial charge in [-0.05, 0) is 63.9 Å². The Balaban J connectivity index is 1.30. The Morgan fingerprint density at radius 3 is 2.57 bits per heavy atom. The number of alkyl halides is 2. The van der Waals surface area contributed by atoms with Crippen LogP contribution in [0.25, 0.3) is 0 Å². The van der Waals surface area contributed by atoms with Gasteiger partial charge >= 0.3 is 0 Å². The lowest BCUT2D eigenvalue weighted by atomic mass is 9.81. The van der Waals surface area contributed by atoms with E-state index in [0.29, 0.717) is 18.0 Å². The van der Waals surface area contributed by atoms with Gasteiger partial charge in [0.25, 0.3) is 0 Å². The van der Waals surface area contributed by atoms with Gasteiger partial charge in [0.2, 0.25) is 11.8 Å². The van der Waals surface area contributed by atoms with Gasteiger partial charge < -0.3 is 15.2 Å². The lowest BCUT2D eigenvalue weighted by molar-refractivity contribution is -0.130. The second-order valence-electron chi connectivity index (χ2n) is 12.0. The van der Waals surface area contributed by atoms with Gasteiger partial charge in [0, 0.05) is 42.3 Å². The molecule has 4 atom stereocenters. The van der Waals surface area contributed by atoms with E-state index in [1.54, 1.807) is 0 Å². The second kappa shape index (κ2) is 10.4. The van der Waals surface area contributed by atoms with Crippen molar-refractivity contribution in [3.8, 4) is 0 Å². The first-order valence-electron chi connectivity index (χ1n) is 14.1. The summed E-state index contributed by atoms with van der Waals surface area (Å²) in [5, 5.41) is 16.1. The predicted molar refractivity (Wildman–Crippen MR) is 139 cm³/mol. The number of nitrogens with zero attached hydrogens (tertiary/aromatic N) is 3. The van der Waals surface area contributed by atoms with Crippen LogP contribution in [-0.4, -0.2) is 38.2 Å². The van der Waals surface area contributed by atoms with Crippen molar-refractivity contribution in [2.45, 2.75) is 120 Å². The monoisotopic (exact) mass is 513 g/mol. The summed E-state index contributed by atoms with van der Waals surface area (Å²) in [6.07, 6.45) is 6.27. The van der Waals surface area contributed by atoms with E-state index in [4.69, 9.17) is 0 Å². The number of piperidine rings is 1. The van der Waals surface area contributed by atoms with E-state index in [1.807, 2.05) is 18.2 Å². The first kappa shape index (κ1) is 26.3. The van der Waals surface area contributed by atoms with E-state index >= 15 is 0 Å². The fourth-order valence-corrected chi connectivity index (χ4v) is 6.98. The van der Waals surface area contributed by atoms with E-state index in [0.717, 1.165) is 55.7 Å². The number of hydrogen-bond acceptors (Lipinski definition) is 4. The summed E-state index contributed by atoms with van der Waals surface area (Å²) in [6.45, 7) is 6.40. The van der Waals surface area contributed by atoms with Crippen molar-refractivity contribution in [1.29, 1.82) is 0 Å². The summed E-state index contributed by atoms with van der Waals surface area (Å²) < 4.78 is 29.7. The predicted octanol–water partition coefficient (Wildman–Crippen LogP) is 6.00. The minimum atomic E-state index is -2.63. The quantitative estimate of drug-likeness (QED) is 0.454. The maximum Gasteiger partial charge on any atom is 0.248 e. The van der Waals surface area contributed by atoms with E-state index in [1.165, 1.54) is 0 Å². The molecule has 2 aromatic rings. The summed E-state index contributed by atoms with van der Waals surface area (Å²) in [7, 11) is 0. The first-order chi connectivity index (χ1) is 17.6. The molecule has 1 saturated carbocycles. The molecule has 3 heterocycles. The van der Waals surface area contributed by atoms with Crippen LogP contribution in [0.3, 0.4) is 0 Å². The largest absolute Gasteiger partial charge is 0.349 e. The fraction of sp³-hybridized carbons (Fsp3) is 0.690. The molecule has 1 aliphatic carbocycles. The minimum absolute atomic E-state index is 0.0171. The number of carbonyl (C=O) groups is 1. The maximum atomic E-state index is 13.7. The molecule has 2 N–H and O–H groups in total. The van der Waals surface area contributed by atoms with E-state index in [9.17, 15) is 13.6 Å². The first-order valence-corrected chi connectivity index (χ1v) is 14.1. The summed E-state index contributed by atoms with van der Waals surface area (Å²) >= 11 is 0. The van der Waals surface area contributed by atoms with Crippen LogP contribution in [0.2, 0.25) is 0 Å². The lowest BCUT2D eigenvalue weighted by Gasteiger charge is -2.41. The van der Waals surface area contributed by atoms with Crippen LogP contribution in [0.15, 0.2) is 30.3 Å². The van der Waals surface area contributed by atoms with Crippen LogP contribution in [0.4, 0.5) is 8.78 Å². The second-order valence-corrected chi connectivity index (χ2v) is 12.0. The Morgan fingerprint density at radius 1 is 1.14 bits per heavy atom. The Hall–Kier alpha value is -2.35. The van der Waals surface area contributed by atoms with Crippen LogP contribution in [0.1, 0.15) is 113 Å². The summed E-state index contributed by atoms with van der Waals surface area (Å²) in [5.41, 5.74) is 1.09. The van der Waals surface area contributed by atoms with Crippen molar-refractivity contribution in [1.82, 2.24) is 25.4 Å².